The Hall–Kier alpha value is -3.02. The summed E-state index contributed by atoms with van der Waals surface area (Å²) < 4.78 is 16.1. The topological polar surface area (TPSA) is 69.2 Å². The van der Waals surface area contributed by atoms with E-state index < -0.39 is 0 Å². The lowest BCUT2D eigenvalue weighted by atomic mass is 10.1. The van der Waals surface area contributed by atoms with Gasteiger partial charge in [-0.3, -0.25) is 4.79 Å². The van der Waals surface area contributed by atoms with Gasteiger partial charge in [-0.05, 0) is 55.3 Å². The molecule has 0 saturated carbocycles. The lowest BCUT2D eigenvalue weighted by Crippen LogP contribution is -2.19. The fraction of sp³-hybridized carbons (Fsp3) is 0.300. The van der Waals surface area contributed by atoms with Crippen molar-refractivity contribution in [2.75, 3.05) is 14.2 Å². The molecule has 0 aromatic heterocycles. The largest absolute Gasteiger partial charge is 0.497 e. The molecule has 0 atom stereocenters. The number of hydrogen-bond acceptors (Lipinski definition) is 5. The van der Waals surface area contributed by atoms with Crippen LogP contribution in [-0.2, 0) is 11.2 Å². The van der Waals surface area contributed by atoms with Gasteiger partial charge in [0.25, 0.3) is 0 Å². The highest BCUT2D eigenvalue weighted by atomic mass is 16.5. The summed E-state index contributed by atoms with van der Waals surface area (Å²) >= 11 is 0. The van der Waals surface area contributed by atoms with Gasteiger partial charge < -0.3 is 14.2 Å². The van der Waals surface area contributed by atoms with Gasteiger partial charge in [-0.1, -0.05) is 12.1 Å². The van der Waals surface area contributed by atoms with E-state index in [4.69, 9.17) is 14.2 Å². The monoisotopic (exact) mass is 356 g/mol. The summed E-state index contributed by atoms with van der Waals surface area (Å²) in [6, 6.07) is 12.8. The summed E-state index contributed by atoms with van der Waals surface area (Å²) in [5, 5.41) is 4.00. The summed E-state index contributed by atoms with van der Waals surface area (Å²) in [7, 11) is 3.20. The Kier molecular flexibility index (Phi) is 7.02. The van der Waals surface area contributed by atoms with Crippen LogP contribution < -0.4 is 19.6 Å². The molecular formula is C20H24N2O4. The molecule has 0 heterocycles. The third kappa shape index (κ3) is 5.81. The molecule has 2 aromatic rings. The Morgan fingerprint density at radius 2 is 1.81 bits per heavy atom. The van der Waals surface area contributed by atoms with Crippen LogP contribution in [0.5, 0.6) is 17.2 Å². The maximum Gasteiger partial charge on any atom is 0.244 e. The van der Waals surface area contributed by atoms with E-state index in [2.05, 4.69) is 10.5 Å². The lowest BCUT2D eigenvalue weighted by molar-refractivity contribution is -0.120. The normalized spacial score (nSPS) is 10.8. The second-order valence-corrected chi connectivity index (χ2v) is 5.89. The molecule has 0 aliphatic carbocycles. The van der Waals surface area contributed by atoms with Crippen LogP contribution in [0, 0.1) is 0 Å². The van der Waals surface area contributed by atoms with Crippen molar-refractivity contribution < 1.29 is 19.0 Å². The van der Waals surface area contributed by atoms with Gasteiger partial charge >= 0.3 is 0 Å². The molecule has 138 valence electrons. The highest BCUT2D eigenvalue weighted by Gasteiger charge is 2.07. The molecule has 0 saturated heterocycles. The number of hydrogen-bond donors (Lipinski definition) is 1. The fourth-order valence-corrected chi connectivity index (χ4v) is 2.27. The van der Waals surface area contributed by atoms with Crippen molar-refractivity contribution in [3.63, 3.8) is 0 Å². The SMILES string of the molecule is COc1ccc(CC(=O)N/N=C\c2ccc(OC)c(OC(C)C)c2)cc1. The zero-order valence-corrected chi connectivity index (χ0v) is 15.5. The third-order valence-corrected chi connectivity index (χ3v) is 3.48. The van der Waals surface area contributed by atoms with E-state index in [0.29, 0.717) is 11.5 Å². The summed E-state index contributed by atoms with van der Waals surface area (Å²) in [5.41, 5.74) is 4.21. The van der Waals surface area contributed by atoms with Gasteiger partial charge in [-0.25, -0.2) is 5.43 Å². The second kappa shape index (κ2) is 9.46. The molecule has 0 aliphatic rings. The maximum atomic E-state index is 12.0. The molecule has 1 N–H and O–H groups in total. The number of hydrazone groups is 1. The predicted molar refractivity (Wildman–Crippen MR) is 101 cm³/mol. The maximum absolute atomic E-state index is 12.0. The number of carbonyl (C=O) groups is 1. The number of nitrogens with zero attached hydrogens (tertiary/aromatic N) is 1. The first-order valence-electron chi connectivity index (χ1n) is 8.31. The molecule has 26 heavy (non-hydrogen) atoms. The average molecular weight is 356 g/mol. The zero-order valence-electron chi connectivity index (χ0n) is 15.5. The number of amides is 1. The number of carbonyl (C=O) groups excluding carboxylic acids is 1. The molecule has 0 fully saturated rings. The van der Waals surface area contributed by atoms with E-state index in [0.717, 1.165) is 16.9 Å². The Balaban J connectivity index is 1.95. The van der Waals surface area contributed by atoms with Crippen molar-refractivity contribution >= 4 is 12.1 Å². The Morgan fingerprint density at radius 1 is 1.08 bits per heavy atom. The molecule has 0 unspecified atom stereocenters. The quantitative estimate of drug-likeness (QED) is 0.583. The Morgan fingerprint density at radius 3 is 2.42 bits per heavy atom. The number of benzene rings is 2. The van der Waals surface area contributed by atoms with Crippen LogP contribution in [0.4, 0.5) is 0 Å². The molecular weight excluding hydrogens is 332 g/mol. The Bertz CT molecular complexity index is 755. The first-order chi connectivity index (χ1) is 12.5. The average Bonchev–Trinajstić information content (AvgIpc) is 2.62. The first-order valence-corrected chi connectivity index (χ1v) is 8.31. The zero-order chi connectivity index (χ0) is 18.9. The molecule has 0 spiro atoms. The van der Waals surface area contributed by atoms with E-state index >= 15 is 0 Å². The number of rotatable bonds is 8. The van der Waals surface area contributed by atoms with Crippen LogP contribution in [0.2, 0.25) is 0 Å². The first kappa shape index (κ1) is 19.3. The van der Waals surface area contributed by atoms with Crippen LogP contribution >= 0.6 is 0 Å². The van der Waals surface area contributed by atoms with E-state index in [1.807, 2.05) is 50.2 Å². The van der Waals surface area contributed by atoms with Gasteiger partial charge in [0.1, 0.15) is 5.75 Å². The van der Waals surface area contributed by atoms with Crippen molar-refractivity contribution in [3.05, 3.63) is 53.6 Å². The van der Waals surface area contributed by atoms with Crippen molar-refractivity contribution in [1.82, 2.24) is 5.43 Å². The van der Waals surface area contributed by atoms with Crippen molar-refractivity contribution in [3.8, 4) is 17.2 Å². The van der Waals surface area contributed by atoms with E-state index in [1.165, 1.54) is 0 Å². The molecule has 6 nitrogen and oxygen atoms in total. The molecule has 2 rings (SSSR count). The minimum absolute atomic E-state index is 0.0280. The minimum Gasteiger partial charge on any atom is -0.497 e. The van der Waals surface area contributed by atoms with Crippen LogP contribution in [-0.4, -0.2) is 32.4 Å². The smallest absolute Gasteiger partial charge is 0.244 e. The fourth-order valence-electron chi connectivity index (χ4n) is 2.27. The van der Waals surface area contributed by atoms with Crippen LogP contribution in [0.1, 0.15) is 25.0 Å². The number of ether oxygens (including phenoxy) is 3. The molecule has 0 aliphatic heterocycles. The summed E-state index contributed by atoms with van der Waals surface area (Å²) in [6.07, 6.45) is 1.84. The van der Waals surface area contributed by atoms with E-state index in [9.17, 15) is 4.79 Å². The van der Waals surface area contributed by atoms with Crippen LogP contribution in [0.25, 0.3) is 0 Å². The van der Waals surface area contributed by atoms with E-state index in [1.54, 1.807) is 26.5 Å². The molecule has 1 amide bonds. The third-order valence-electron chi connectivity index (χ3n) is 3.48. The number of methoxy groups -OCH3 is 2. The van der Waals surface area contributed by atoms with Gasteiger partial charge in [0, 0.05) is 0 Å². The van der Waals surface area contributed by atoms with Gasteiger partial charge in [0.05, 0.1) is 33.0 Å². The van der Waals surface area contributed by atoms with Crippen molar-refractivity contribution in [1.29, 1.82) is 0 Å². The summed E-state index contributed by atoms with van der Waals surface area (Å²) in [5.74, 6) is 1.85. The van der Waals surface area contributed by atoms with Gasteiger partial charge in [-0.15, -0.1) is 0 Å². The standard InChI is InChI=1S/C20H24N2O4/c1-14(2)26-19-11-16(7-10-18(19)25-4)13-21-22-20(23)12-15-5-8-17(24-3)9-6-15/h5-11,13-14H,12H2,1-4H3,(H,22,23)/b21-13-. The molecule has 0 radical (unpaired) electrons. The lowest BCUT2D eigenvalue weighted by Gasteiger charge is -2.13. The van der Waals surface area contributed by atoms with Crippen LogP contribution in [0.3, 0.4) is 0 Å². The van der Waals surface area contributed by atoms with Gasteiger partial charge in [0.2, 0.25) is 5.91 Å². The minimum atomic E-state index is -0.196. The highest BCUT2D eigenvalue weighted by molar-refractivity contribution is 5.84. The molecule has 0 bridgehead atoms. The van der Waals surface area contributed by atoms with E-state index in [-0.39, 0.29) is 18.4 Å². The van der Waals surface area contributed by atoms with Crippen molar-refractivity contribution in [2.24, 2.45) is 5.10 Å². The second-order valence-electron chi connectivity index (χ2n) is 5.89. The summed E-state index contributed by atoms with van der Waals surface area (Å²) in [4.78, 5) is 12.0. The molecule has 2 aromatic carbocycles. The Labute approximate surface area is 153 Å². The van der Waals surface area contributed by atoms with Crippen molar-refractivity contribution in [2.45, 2.75) is 26.4 Å². The van der Waals surface area contributed by atoms with Crippen LogP contribution in [0.15, 0.2) is 47.6 Å². The highest BCUT2D eigenvalue weighted by Crippen LogP contribution is 2.28. The summed E-state index contributed by atoms with van der Waals surface area (Å²) in [6.45, 7) is 3.89. The predicted octanol–water partition coefficient (Wildman–Crippen LogP) is 3.18. The van der Waals surface area contributed by atoms with Gasteiger partial charge in [-0.2, -0.15) is 5.10 Å². The van der Waals surface area contributed by atoms with Gasteiger partial charge in [0.15, 0.2) is 11.5 Å². The number of nitrogens with one attached hydrogen (secondary N) is 1. The molecule has 6 heteroatoms.